The number of nitrogens with two attached hydrogens (primary N) is 1. The molecule has 0 aromatic carbocycles. The third kappa shape index (κ3) is 2.82. The third-order valence-corrected chi connectivity index (χ3v) is 2.30. The third-order valence-electron chi connectivity index (χ3n) is 2.30. The molecule has 3 N–H and O–H groups in total. The second kappa shape index (κ2) is 4.34. The maximum atomic E-state index is 10.5. The number of anilines is 1. The molecule has 2 rings (SSSR count). The summed E-state index contributed by atoms with van der Waals surface area (Å²) in [5.74, 6) is 0.0805. The van der Waals surface area contributed by atoms with Gasteiger partial charge in [0.1, 0.15) is 0 Å². The van der Waals surface area contributed by atoms with Crippen LogP contribution in [0.5, 0.6) is 5.88 Å². The Morgan fingerprint density at radius 3 is 3.00 bits per heavy atom. The van der Waals surface area contributed by atoms with E-state index in [-0.39, 0.29) is 18.1 Å². The van der Waals surface area contributed by atoms with Crippen LogP contribution in [0.4, 0.5) is 5.82 Å². The quantitative estimate of drug-likeness (QED) is 0.753. The smallest absolute Gasteiger partial charge is 0.309 e. The van der Waals surface area contributed by atoms with Crippen LogP contribution in [-0.2, 0) is 11.2 Å². The monoisotopic (exact) mass is 223 g/mol. The molecule has 0 saturated heterocycles. The predicted molar refractivity (Wildman–Crippen MR) is 56.0 cm³/mol. The minimum Gasteiger partial charge on any atom is -0.481 e. The maximum Gasteiger partial charge on any atom is 0.309 e. The molecule has 0 aliphatic heterocycles. The molecule has 0 spiro atoms. The van der Waals surface area contributed by atoms with Crippen LogP contribution in [0.15, 0.2) is 6.20 Å². The van der Waals surface area contributed by atoms with Gasteiger partial charge in [0.15, 0.2) is 5.82 Å². The zero-order valence-corrected chi connectivity index (χ0v) is 8.72. The number of aliphatic carboxylic acids is 1. The first kappa shape index (κ1) is 10.7. The number of carboxylic acid groups (broad SMARTS) is 1. The van der Waals surface area contributed by atoms with Crippen LogP contribution < -0.4 is 10.5 Å². The molecule has 0 unspecified atom stereocenters. The zero-order chi connectivity index (χ0) is 11.5. The van der Waals surface area contributed by atoms with Crippen molar-refractivity contribution in [1.82, 2.24) is 9.97 Å². The molecule has 0 bridgehead atoms. The van der Waals surface area contributed by atoms with E-state index in [2.05, 4.69) is 9.97 Å². The Balaban J connectivity index is 2.04. The van der Waals surface area contributed by atoms with Gasteiger partial charge in [0.2, 0.25) is 0 Å². The maximum absolute atomic E-state index is 10.5. The summed E-state index contributed by atoms with van der Waals surface area (Å²) < 4.78 is 5.39. The van der Waals surface area contributed by atoms with Crippen LogP contribution >= 0.6 is 0 Å². The van der Waals surface area contributed by atoms with Crippen molar-refractivity contribution in [3.05, 3.63) is 11.9 Å². The van der Waals surface area contributed by atoms with Crippen LogP contribution in [0.25, 0.3) is 0 Å². The van der Waals surface area contributed by atoms with Crippen molar-refractivity contribution >= 4 is 11.8 Å². The number of aromatic nitrogens is 2. The summed E-state index contributed by atoms with van der Waals surface area (Å²) >= 11 is 0. The lowest BCUT2D eigenvalue weighted by molar-refractivity contribution is -0.136. The number of nitrogens with zero attached hydrogens (tertiary/aromatic N) is 2. The van der Waals surface area contributed by atoms with E-state index >= 15 is 0 Å². The Kier molecular flexibility index (Phi) is 2.89. The fourth-order valence-electron chi connectivity index (χ4n) is 1.24. The molecule has 0 amide bonds. The summed E-state index contributed by atoms with van der Waals surface area (Å²) in [7, 11) is 0. The van der Waals surface area contributed by atoms with Crippen LogP contribution in [0, 0.1) is 5.92 Å². The number of hydrogen-bond donors (Lipinski definition) is 2. The van der Waals surface area contributed by atoms with E-state index in [1.54, 1.807) is 0 Å². The van der Waals surface area contributed by atoms with E-state index in [4.69, 9.17) is 15.6 Å². The van der Waals surface area contributed by atoms with Crippen molar-refractivity contribution in [2.75, 3.05) is 12.3 Å². The fraction of sp³-hybridized carbons (Fsp3) is 0.500. The first-order valence-electron chi connectivity index (χ1n) is 5.11. The van der Waals surface area contributed by atoms with Crippen molar-refractivity contribution in [2.24, 2.45) is 5.92 Å². The fourth-order valence-corrected chi connectivity index (χ4v) is 1.24. The lowest BCUT2D eigenvalue weighted by Gasteiger charge is -2.07. The SMILES string of the molecule is Nc1ncc(CC(=O)O)nc1OCC1CC1. The molecule has 1 heterocycles. The number of nitrogen functional groups attached to an aromatic ring is 1. The van der Waals surface area contributed by atoms with Crippen LogP contribution in [0.1, 0.15) is 18.5 Å². The van der Waals surface area contributed by atoms with Gasteiger partial charge in [0.25, 0.3) is 5.88 Å². The summed E-state index contributed by atoms with van der Waals surface area (Å²) in [6, 6.07) is 0. The topological polar surface area (TPSA) is 98.3 Å². The Bertz CT molecular complexity index is 404. The number of ether oxygens (including phenoxy) is 1. The van der Waals surface area contributed by atoms with Crippen molar-refractivity contribution in [3.63, 3.8) is 0 Å². The molecule has 1 aromatic heterocycles. The molecule has 6 heteroatoms. The molecule has 16 heavy (non-hydrogen) atoms. The van der Waals surface area contributed by atoms with Crippen LogP contribution in [0.3, 0.4) is 0 Å². The van der Waals surface area contributed by atoms with Gasteiger partial charge >= 0.3 is 5.97 Å². The molecule has 86 valence electrons. The lowest BCUT2D eigenvalue weighted by atomic mass is 10.3. The average Bonchev–Trinajstić information content (AvgIpc) is 3.02. The minimum atomic E-state index is -0.952. The van der Waals surface area contributed by atoms with Gasteiger partial charge in [-0.25, -0.2) is 9.97 Å². The van der Waals surface area contributed by atoms with E-state index in [1.807, 2.05) is 0 Å². The van der Waals surface area contributed by atoms with Gasteiger partial charge in [-0.1, -0.05) is 0 Å². The zero-order valence-electron chi connectivity index (χ0n) is 8.72. The molecule has 1 saturated carbocycles. The first-order chi connectivity index (χ1) is 7.65. The molecule has 1 aliphatic carbocycles. The van der Waals surface area contributed by atoms with Crippen LogP contribution in [-0.4, -0.2) is 27.7 Å². The van der Waals surface area contributed by atoms with Gasteiger partial charge in [-0.05, 0) is 18.8 Å². The summed E-state index contributed by atoms with van der Waals surface area (Å²) in [5.41, 5.74) is 5.94. The normalized spacial score (nSPS) is 14.8. The van der Waals surface area contributed by atoms with Crippen molar-refractivity contribution in [3.8, 4) is 5.88 Å². The molecule has 1 aromatic rings. The summed E-state index contributed by atoms with van der Waals surface area (Å²) in [4.78, 5) is 18.4. The van der Waals surface area contributed by atoms with Gasteiger partial charge in [0.05, 0.1) is 24.9 Å². The van der Waals surface area contributed by atoms with E-state index < -0.39 is 5.97 Å². The highest BCUT2D eigenvalue weighted by atomic mass is 16.5. The molecule has 6 nitrogen and oxygen atoms in total. The van der Waals surface area contributed by atoms with Crippen LogP contribution in [0.2, 0.25) is 0 Å². The van der Waals surface area contributed by atoms with Crippen molar-refractivity contribution < 1.29 is 14.6 Å². The van der Waals surface area contributed by atoms with Gasteiger partial charge in [0, 0.05) is 0 Å². The second-order valence-electron chi connectivity index (χ2n) is 3.88. The molecule has 0 atom stereocenters. The Morgan fingerprint density at radius 1 is 1.62 bits per heavy atom. The molecular formula is C10H13N3O3. The van der Waals surface area contributed by atoms with Crippen molar-refractivity contribution in [2.45, 2.75) is 19.3 Å². The van der Waals surface area contributed by atoms with E-state index in [0.29, 0.717) is 18.2 Å². The largest absolute Gasteiger partial charge is 0.481 e. The Labute approximate surface area is 92.5 Å². The summed E-state index contributed by atoms with van der Waals surface area (Å²) in [6.45, 7) is 0.579. The van der Waals surface area contributed by atoms with Gasteiger partial charge < -0.3 is 15.6 Å². The lowest BCUT2D eigenvalue weighted by Crippen LogP contribution is -2.09. The minimum absolute atomic E-state index is 0.174. The number of hydrogen-bond acceptors (Lipinski definition) is 5. The van der Waals surface area contributed by atoms with Crippen molar-refractivity contribution in [1.29, 1.82) is 0 Å². The highest BCUT2D eigenvalue weighted by molar-refractivity contribution is 5.69. The summed E-state index contributed by atoms with van der Waals surface area (Å²) in [6.07, 6.45) is 3.52. The molecule has 0 radical (unpaired) electrons. The van der Waals surface area contributed by atoms with E-state index in [0.717, 1.165) is 0 Å². The first-order valence-corrected chi connectivity index (χ1v) is 5.11. The Morgan fingerprint density at radius 2 is 2.38 bits per heavy atom. The van der Waals surface area contributed by atoms with Gasteiger partial charge in [-0.3, -0.25) is 4.79 Å². The molecular weight excluding hydrogens is 210 g/mol. The van der Waals surface area contributed by atoms with E-state index in [9.17, 15) is 4.79 Å². The number of carboxylic acids is 1. The number of rotatable bonds is 5. The summed E-state index contributed by atoms with van der Waals surface area (Å²) in [5, 5.41) is 8.62. The highest BCUT2D eigenvalue weighted by Crippen LogP contribution is 2.29. The van der Waals surface area contributed by atoms with Gasteiger partial charge in [-0.2, -0.15) is 0 Å². The standard InChI is InChI=1S/C10H13N3O3/c11-9-10(16-5-6-1-2-6)13-7(4-12-9)3-8(14)15/h4,6H,1-3,5H2,(H2,11,12)(H,14,15). The second-order valence-corrected chi connectivity index (χ2v) is 3.88. The molecule has 1 aliphatic rings. The molecule has 1 fully saturated rings. The van der Waals surface area contributed by atoms with E-state index in [1.165, 1.54) is 19.0 Å². The highest BCUT2D eigenvalue weighted by Gasteiger charge is 2.22. The van der Waals surface area contributed by atoms with Gasteiger partial charge in [-0.15, -0.1) is 0 Å². The Hall–Kier alpha value is -1.85. The average molecular weight is 223 g/mol. The number of carbonyl (C=O) groups is 1. The predicted octanol–water partition coefficient (Wildman–Crippen LogP) is 0.475.